The van der Waals surface area contributed by atoms with Crippen LogP contribution in [0.1, 0.15) is 25.3 Å². The molecule has 1 aliphatic rings. The number of hydrogen-bond acceptors (Lipinski definition) is 4. The van der Waals surface area contributed by atoms with Crippen LogP contribution in [0.4, 0.5) is 5.69 Å². The molecule has 0 bridgehead atoms. The van der Waals surface area contributed by atoms with Gasteiger partial charge >= 0.3 is 0 Å². The molecule has 0 amide bonds. The van der Waals surface area contributed by atoms with Crippen molar-refractivity contribution in [1.29, 1.82) is 0 Å². The van der Waals surface area contributed by atoms with E-state index >= 15 is 0 Å². The average Bonchev–Trinajstić information content (AvgIpc) is 2.57. The maximum atomic E-state index is 10.7. The predicted octanol–water partition coefficient (Wildman–Crippen LogP) is 2.17. The number of nitrogens with zero attached hydrogens (tertiary/aromatic N) is 3. The van der Waals surface area contributed by atoms with Gasteiger partial charge in [0.15, 0.2) is 5.96 Å². The van der Waals surface area contributed by atoms with Crippen molar-refractivity contribution in [3.8, 4) is 0 Å². The molecule has 1 saturated heterocycles. The molecule has 1 N–H and O–H groups in total. The van der Waals surface area contributed by atoms with Crippen LogP contribution in [0.15, 0.2) is 29.3 Å². The fraction of sp³-hybridized carbons (Fsp3) is 0.562. The van der Waals surface area contributed by atoms with Crippen LogP contribution in [0.2, 0.25) is 0 Å². The molecule has 0 aliphatic carbocycles. The number of hydrogen-bond donors (Lipinski definition) is 1. The smallest absolute Gasteiger partial charge is 0.269 e. The van der Waals surface area contributed by atoms with Gasteiger partial charge in [0, 0.05) is 45.4 Å². The van der Waals surface area contributed by atoms with Crippen LogP contribution in [0.3, 0.4) is 0 Å². The summed E-state index contributed by atoms with van der Waals surface area (Å²) in [5, 5.41) is 14.0. The molecule has 126 valence electrons. The SMILES string of the molecule is CCOC1CCN(C(=NC)NCc2ccc([N+](=O)[O-])cc2)CC1. The number of nitrogens with one attached hydrogen (secondary N) is 1. The van der Waals surface area contributed by atoms with Gasteiger partial charge in [0.05, 0.1) is 11.0 Å². The second kappa shape index (κ2) is 8.47. The average molecular weight is 320 g/mol. The third-order valence-electron chi connectivity index (χ3n) is 3.95. The Bertz CT molecular complexity index is 537. The maximum absolute atomic E-state index is 10.7. The van der Waals surface area contributed by atoms with E-state index in [0.717, 1.165) is 44.1 Å². The molecular weight excluding hydrogens is 296 g/mol. The molecule has 2 rings (SSSR count). The fourth-order valence-corrected chi connectivity index (χ4v) is 2.72. The Kier molecular flexibility index (Phi) is 6.34. The highest BCUT2D eigenvalue weighted by Gasteiger charge is 2.21. The fourth-order valence-electron chi connectivity index (χ4n) is 2.72. The number of nitro benzene ring substituents is 1. The number of likely N-dealkylation sites (tertiary alicyclic amines) is 1. The van der Waals surface area contributed by atoms with Gasteiger partial charge < -0.3 is 15.0 Å². The Labute approximate surface area is 136 Å². The quantitative estimate of drug-likeness (QED) is 0.389. The number of aliphatic imine (C=N–C) groups is 1. The third kappa shape index (κ3) is 4.92. The van der Waals surface area contributed by atoms with Gasteiger partial charge in [-0.25, -0.2) is 0 Å². The van der Waals surface area contributed by atoms with Crippen LogP contribution in [0, 0.1) is 10.1 Å². The van der Waals surface area contributed by atoms with Crippen molar-refractivity contribution in [3.05, 3.63) is 39.9 Å². The minimum absolute atomic E-state index is 0.108. The predicted molar refractivity (Wildman–Crippen MR) is 89.5 cm³/mol. The Morgan fingerprint density at radius 2 is 2.04 bits per heavy atom. The summed E-state index contributed by atoms with van der Waals surface area (Å²) in [6, 6.07) is 6.57. The highest BCUT2D eigenvalue weighted by molar-refractivity contribution is 5.79. The van der Waals surface area contributed by atoms with Gasteiger partial charge in [-0.15, -0.1) is 0 Å². The largest absolute Gasteiger partial charge is 0.378 e. The minimum atomic E-state index is -0.390. The van der Waals surface area contributed by atoms with E-state index in [-0.39, 0.29) is 5.69 Å². The highest BCUT2D eigenvalue weighted by Crippen LogP contribution is 2.14. The summed E-state index contributed by atoms with van der Waals surface area (Å²) in [6.07, 6.45) is 2.36. The van der Waals surface area contributed by atoms with E-state index in [2.05, 4.69) is 15.2 Å². The first-order valence-electron chi connectivity index (χ1n) is 7.94. The number of benzene rings is 1. The van der Waals surface area contributed by atoms with E-state index in [1.54, 1.807) is 19.2 Å². The third-order valence-corrected chi connectivity index (χ3v) is 3.95. The summed E-state index contributed by atoms with van der Waals surface area (Å²) in [6.45, 7) is 5.22. The zero-order valence-electron chi connectivity index (χ0n) is 13.7. The maximum Gasteiger partial charge on any atom is 0.269 e. The second-order valence-electron chi connectivity index (χ2n) is 5.47. The molecule has 1 aliphatic heterocycles. The molecule has 7 heteroatoms. The van der Waals surface area contributed by atoms with Crippen molar-refractivity contribution in [3.63, 3.8) is 0 Å². The number of nitro groups is 1. The molecule has 1 heterocycles. The summed E-state index contributed by atoms with van der Waals surface area (Å²) < 4.78 is 5.66. The highest BCUT2D eigenvalue weighted by atomic mass is 16.6. The van der Waals surface area contributed by atoms with Gasteiger partial charge in [0.1, 0.15) is 0 Å². The normalized spacial score (nSPS) is 16.4. The van der Waals surface area contributed by atoms with Crippen LogP contribution in [-0.2, 0) is 11.3 Å². The summed E-state index contributed by atoms with van der Waals surface area (Å²) in [4.78, 5) is 16.8. The number of rotatable bonds is 5. The summed E-state index contributed by atoms with van der Waals surface area (Å²) in [5.41, 5.74) is 1.09. The Balaban J connectivity index is 1.85. The molecule has 0 aromatic heterocycles. The molecule has 1 aromatic carbocycles. The van der Waals surface area contributed by atoms with Gasteiger partial charge in [-0.05, 0) is 25.3 Å². The van der Waals surface area contributed by atoms with Crippen molar-refractivity contribution < 1.29 is 9.66 Å². The molecule has 0 saturated carbocycles. The molecule has 0 atom stereocenters. The first-order chi connectivity index (χ1) is 11.1. The van der Waals surface area contributed by atoms with Gasteiger partial charge in [0.2, 0.25) is 0 Å². The van der Waals surface area contributed by atoms with Crippen LogP contribution >= 0.6 is 0 Å². The van der Waals surface area contributed by atoms with E-state index in [4.69, 9.17) is 4.74 Å². The lowest BCUT2D eigenvalue weighted by Crippen LogP contribution is -2.46. The van der Waals surface area contributed by atoms with E-state index < -0.39 is 4.92 Å². The van der Waals surface area contributed by atoms with Crippen LogP contribution < -0.4 is 5.32 Å². The molecule has 0 unspecified atom stereocenters. The van der Waals surface area contributed by atoms with Gasteiger partial charge in [-0.3, -0.25) is 15.1 Å². The Morgan fingerprint density at radius 3 is 2.57 bits per heavy atom. The lowest BCUT2D eigenvalue weighted by Gasteiger charge is -2.34. The number of non-ortho nitro benzene ring substituents is 1. The molecule has 0 spiro atoms. The number of piperidine rings is 1. The monoisotopic (exact) mass is 320 g/mol. The molecule has 23 heavy (non-hydrogen) atoms. The summed E-state index contributed by atoms with van der Waals surface area (Å²) >= 11 is 0. The van der Waals surface area contributed by atoms with Crippen molar-refractivity contribution in [2.45, 2.75) is 32.4 Å². The van der Waals surface area contributed by atoms with Crippen molar-refractivity contribution in [2.75, 3.05) is 26.7 Å². The molecule has 1 fully saturated rings. The van der Waals surface area contributed by atoms with Crippen LogP contribution in [0.5, 0.6) is 0 Å². The molecule has 0 radical (unpaired) electrons. The molecular formula is C16H24N4O3. The molecule has 7 nitrogen and oxygen atoms in total. The van der Waals surface area contributed by atoms with Crippen molar-refractivity contribution in [2.24, 2.45) is 4.99 Å². The molecule has 1 aromatic rings. The number of ether oxygens (including phenoxy) is 1. The summed E-state index contributed by atoms with van der Waals surface area (Å²) in [5.74, 6) is 0.860. The Morgan fingerprint density at radius 1 is 1.39 bits per heavy atom. The first kappa shape index (κ1) is 17.2. The Hall–Kier alpha value is -2.15. The summed E-state index contributed by atoms with van der Waals surface area (Å²) in [7, 11) is 1.77. The van der Waals surface area contributed by atoms with Gasteiger partial charge in [-0.2, -0.15) is 0 Å². The second-order valence-corrected chi connectivity index (χ2v) is 5.47. The van der Waals surface area contributed by atoms with Gasteiger partial charge in [-0.1, -0.05) is 12.1 Å². The van der Waals surface area contributed by atoms with E-state index in [0.29, 0.717) is 12.6 Å². The van der Waals surface area contributed by atoms with Crippen LogP contribution in [-0.4, -0.2) is 48.6 Å². The van der Waals surface area contributed by atoms with Crippen LogP contribution in [0.25, 0.3) is 0 Å². The standard InChI is InChI=1S/C16H24N4O3/c1-3-23-15-8-10-19(11-9-15)16(17-2)18-12-13-4-6-14(7-5-13)20(21)22/h4-7,15H,3,8-12H2,1-2H3,(H,17,18). The van der Waals surface area contributed by atoms with E-state index in [9.17, 15) is 10.1 Å². The topological polar surface area (TPSA) is 80.0 Å². The van der Waals surface area contributed by atoms with Gasteiger partial charge in [0.25, 0.3) is 5.69 Å². The van der Waals surface area contributed by atoms with Crippen molar-refractivity contribution in [1.82, 2.24) is 10.2 Å². The zero-order chi connectivity index (χ0) is 16.7. The lowest BCUT2D eigenvalue weighted by molar-refractivity contribution is -0.384. The minimum Gasteiger partial charge on any atom is -0.378 e. The first-order valence-corrected chi connectivity index (χ1v) is 7.94. The van der Waals surface area contributed by atoms with Crippen molar-refractivity contribution >= 4 is 11.6 Å². The van der Waals surface area contributed by atoms with E-state index in [1.807, 2.05) is 6.92 Å². The number of guanidine groups is 1. The van der Waals surface area contributed by atoms with E-state index in [1.165, 1.54) is 12.1 Å². The lowest BCUT2D eigenvalue weighted by atomic mass is 10.1. The zero-order valence-corrected chi connectivity index (χ0v) is 13.7.